The molecular formula is C16H19FN2O2. The van der Waals surface area contributed by atoms with Crippen LogP contribution in [0.1, 0.15) is 44.1 Å². The van der Waals surface area contributed by atoms with E-state index in [1.807, 2.05) is 0 Å². The van der Waals surface area contributed by atoms with Gasteiger partial charge < -0.3 is 10.1 Å². The van der Waals surface area contributed by atoms with Gasteiger partial charge in [-0.3, -0.25) is 4.79 Å². The fourth-order valence-electron chi connectivity index (χ4n) is 2.52. The van der Waals surface area contributed by atoms with E-state index in [0.717, 1.165) is 31.7 Å². The number of benzene rings is 1. The third-order valence-corrected chi connectivity index (χ3v) is 3.65. The molecule has 1 amide bonds. The largest absolute Gasteiger partial charge is 0.484 e. The van der Waals surface area contributed by atoms with Crippen molar-refractivity contribution in [3.8, 4) is 11.8 Å². The molecule has 1 saturated carbocycles. The van der Waals surface area contributed by atoms with E-state index >= 15 is 0 Å². The van der Waals surface area contributed by atoms with Crippen molar-refractivity contribution < 1.29 is 13.9 Å². The Labute approximate surface area is 123 Å². The summed E-state index contributed by atoms with van der Waals surface area (Å²) >= 11 is 0. The predicted molar refractivity (Wildman–Crippen MR) is 76.2 cm³/mol. The first-order valence-electron chi connectivity index (χ1n) is 7.31. The average molecular weight is 290 g/mol. The van der Waals surface area contributed by atoms with Gasteiger partial charge in [-0.25, -0.2) is 4.39 Å². The first kappa shape index (κ1) is 15.3. The first-order valence-corrected chi connectivity index (χ1v) is 7.31. The molecule has 0 atom stereocenters. The summed E-state index contributed by atoms with van der Waals surface area (Å²) < 4.78 is 18.6. The summed E-state index contributed by atoms with van der Waals surface area (Å²) in [6.45, 7) is -0.137. The molecule has 0 bridgehead atoms. The van der Waals surface area contributed by atoms with Crippen LogP contribution in [0.4, 0.5) is 4.39 Å². The van der Waals surface area contributed by atoms with Crippen LogP contribution in [-0.4, -0.2) is 18.6 Å². The SMILES string of the molecule is N#Cc1ccc(OCC(=O)NC2CCCCCC2)cc1F. The van der Waals surface area contributed by atoms with Crippen LogP contribution >= 0.6 is 0 Å². The van der Waals surface area contributed by atoms with Crippen LogP contribution in [0.2, 0.25) is 0 Å². The number of hydrogen-bond acceptors (Lipinski definition) is 3. The van der Waals surface area contributed by atoms with E-state index < -0.39 is 5.82 Å². The highest BCUT2D eigenvalue weighted by atomic mass is 19.1. The maximum absolute atomic E-state index is 13.4. The molecule has 0 aromatic heterocycles. The van der Waals surface area contributed by atoms with Crippen molar-refractivity contribution in [2.75, 3.05) is 6.61 Å². The Kier molecular flexibility index (Phi) is 5.56. The van der Waals surface area contributed by atoms with Gasteiger partial charge in [-0.05, 0) is 25.0 Å². The van der Waals surface area contributed by atoms with E-state index in [4.69, 9.17) is 10.00 Å². The van der Waals surface area contributed by atoms with Gasteiger partial charge >= 0.3 is 0 Å². The molecule has 1 N–H and O–H groups in total. The molecule has 0 spiro atoms. The molecule has 5 heteroatoms. The molecule has 1 aromatic carbocycles. The molecular weight excluding hydrogens is 271 g/mol. The molecule has 4 nitrogen and oxygen atoms in total. The molecule has 0 aliphatic heterocycles. The molecule has 1 fully saturated rings. The molecule has 0 unspecified atom stereocenters. The highest BCUT2D eigenvalue weighted by Crippen LogP contribution is 2.18. The molecule has 1 aromatic rings. The molecule has 0 heterocycles. The van der Waals surface area contributed by atoms with E-state index in [1.54, 1.807) is 6.07 Å². The van der Waals surface area contributed by atoms with E-state index in [0.29, 0.717) is 0 Å². The quantitative estimate of drug-likeness (QED) is 0.867. The summed E-state index contributed by atoms with van der Waals surface area (Å²) in [5.41, 5.74) is -0.0368. The maximum Gasteiger partial charge on any atom is 0.258 e. The number of nitrogens with one attached hydrogen (secondary N) is 1. The normalized spacial score (nSPS) is 15.8. The summed E-state index contributed by atoms with van der Waals surface area (Å²) in [5, 5.41) is 11.6. The lowest BCUT2D eigenvalue weighted by Gasteiger charge is -2.16. The second kappa shape index (κ2) is 7.63. The molecule has 2 rings (SSSR count). The molecule has 112 valence electrons. The van der Waals surface area contributed by atoms with Gasteiger partial charge in [0, 0.05) is 12.1 Å². The predicted octanol–water partition coefficient (Wildman–Crippen LogP) is 2.92. The van der Waals surface area contributed by atoms with Gasteiger partial charge in [0.1, 0.15) is 17.6 Å². The number of hydrogen-bond donors (Lipinski definition) is 1. The molecule has 21 heavy (non-hydrogen) atoms. The minimum Gasteiger partial charge on any atom is -0.484 e. The summed E-state index contributed by atoms with van der Waals surface area (Å²) in [4.78, 5) is 11.8. The standard InChI is InChI=1S/C16H19FN2O2/c17-15-9-14(8-7-12(15)10-18)21-11-16(20)19-13-5-3-1-2-4-6-13/h7-9,13H,1-6,11H2,(H,19,20). The van der Waals surface area contributed by atoms with Crippen LogP contribution in [-0.2, 0) is 4.79 Å². The van der Waals surface area contributed by atoms with Crippen LogP contribution in [0.15, 0.2) is 18.2 Å². The third kappa shape index (κ3) is 4.75. The van der Waals surface area contributed by atoms with Crippen molar-refractivity contribution in [2.24, 2.45) is 0 Å². The van der Waals surface area contributed by atoms with Gasteiger partial charge in [0.2, 0.25) is 0 Å². The monoisotopic (exact) mass is 290 g/mol. The van der Waals surface area contributed by atoms with E-state index in [9.17, 15) is 9.18 Å². The average Bonchev–Trinajstić information content (AvgIpc) is 2.74. The van der Waals surface area contributed by atoms with E-state index in [-0.39, 0.29) is 29.9 Å². The van der Waals surface area contributed by atoms with Crippen molar-refractivity contribution in [2.45, 2.75) is 44.6 Å². The summed E-state index contributed by atoms with van der Waals surface area (Å²) in [7, 11) is 0. The molecule has 1 aliphatic rings. The van der Waals surface area contributed by atoms with Gasteiger partial charge in [0.15, 0.2) is 6.61 Å². The van der Waals surface area contributed by atoms with Crippen LogP contribution in [0, 0.1) is 17.1 Å². The van der Waals surface area contributed by atoms with Gasteiger partial charge in [-0.1, -0.05) is 25.7 Å². The van der Waals surface area contributed by atoms with Crippen LogP contribution in [0.5, 0.6) is 5.75 Å². The zero-order chi connectivity index (χ0) is 15.1. The minimum atomic E-state index is -0.640. The number of halogens is 1. The zero-order valence-electron chi connectivity index (χ0n) is 11.9. The first-order chi connectivity index (χ1) is 10.2. The number of carbonyl (C=O) groups excluding carboxylic acids is 1. The molecule has 0 radical (unpaired) electrons. The van der Waals surface area contributed by atoms with Gasteiger partial charge in [-0.2, -0.15) is 5.26 Å². The van der Waals surface area contributed by atoms with E-state index in [1.165, 1.54) is 25.0 Å². The summed E-state index contributed by atoms with van der Waals surface area (Å²) in [5.74, 6) is -0.576. The Morgan fingerprint density at radius 1 is 1.33 bits per heavy atom. The fourth-order valence-corrected chi connectivity index (χ4v) is 2.52. The van der Waals surface area contributed by atoms with Crippen molar-refractivity contribution in [1.29, 1.82) is 5.26 Å². The number of ether oxygens (including phenoxy) is 1. The van der Waals surface area contributed by atoms with Gasteiger partial charge in [-0.15, -0.1) is 0 Å². The number of amides is 1. The second-order valence-corrected chi connectivity index (χ2v) is 5.30. The Morgan fingerprint density at radius 3 is 2.67 bits per heavy atom. The smallest absolute Gasteiger partial charge is 0.258 e. The lowest BCUT2D eigenvalue weighted by Crippen LogP contribution is -2.37. The number of carbonyl (C=O) groups is 1. The highest BCUT2D eigenvalue weighted by Gasteiger charge is 2.15. The third-order valence-electron chi connectivity index (χ3n) is 3.65. The van der Waals surface area contributed by atoms with Crippen LogP contribution in [0.25, 0.3) is 0 Å². The maximum atomic E-state index is 13.4. The van der Waals surface area contributed by atoms with E-state index in [2.05, 4.69) is 5.32 Å². The fraction of sp³-hybridized carbons (Fsp3) is 0.500. The second-order valence-electron chi connectivity index (χ2n) is 5.30. The Morgan fingerprint density at radius 2 is 2.05 bits per heavy atom. The Hall–Kier alpha value is -2.09. The van der Waals surface area contributed by atoms with Crippen LogP contribution in [0.3, 0.4) is 0 Å². The zero-order valence-corrected chi connectivity index (χ0v) is 11.9. The lowest BCUT2D eigenvalue weighted by molar-refractivity contribution is -0.123. The Bertz CT molecular complexity index is 532. The Balaban J connectivity index is 1.80. The molecule has 1 aliphatic carbocycles. The number of nitriles is 1. The van der Waals surface area contributed by atoms with Crippen molar-refractivity contribution in [3.05, 3.63) is 29.6 Å². The highest BCUT2D eigenvalue weighted by molar-refractivity contribution is 5.77. The van der Waals surface area contributed by atoms with Crippen LogP contribution < -0.4 is 10.1 Å². The molecule has 0 saturated heterocycles. The summed E-state index contributed by atoms with van der Waals surface area (Å²) in [6.07, 6.45) is 6.77. The lowest BCUT2D eigenvalue weighted by atomic mass is 10.1. The summed E-state index contributed by atoms with van der Waals surface area (Å²) in [6, 6.07) is 5.91. The van der Waals surface area contributed by atoms with Gasteiger partial charge in [0.25, 0.3) is 5.91 Å². The van der Waals surface area contributed by atoms with Crippen molar-refractivity contribution in [3.63, 3.8) is 0 Å². The minimum absolute atomic E-state index is 0.0368. The van der Waals surface area contributed by atoms with Crippen molar-refractivity contribution in [1.82, 2.24) is 5.32 Å². The number of rotatable bonds is 4. The van der Waals surface area contributed by atoms with Gasteiger partial charge in [0.05, 0.1) is 5.56 Å². The number of nitrogens with zero attached hydrogens (tertiary/aromatic N) is 1. The van der Waals surface area contributed by atoms with Crippen molar-refractivity contribution >= 4 is 5.91 Å². The topological polar surface area (TPSA) is 62.1 Å².